The smallest absolute Gasteiger partial charge is 0.303 e. The van der Waals surface area contributed by atoms with E-state index in [4.69, 9.17) is 15.8 Å². The molecule has 4 rings (SSSR count). The molecule has 11 heteroatoms. The van der Waals surface area contributed by atoms with Gasteiger partial charge in [0.05, 0.1) is 35.4 Å². The summed E-state index contributed by atoms with van der Waals surface area (Å²) in [5.41, 5.74) is 9.90. The van der Waals surface area contributed by atoms with Crippen LogP contribution in [0.2, 0.25) is 0 Å². The lowest BCUT2D eigenvalue weighted by atomic mass is 9.84. The van der Waals surface area contributed by atoms with Gasteiger partial charge in [0.25, 0.3) is 0 Å². The van der Waals surface area contributed by atoms with Crippen molar-refractivity contribution in [3.8, 4) is 28.7 Å². The SMILES string of the molecule is CC(C)(CCC(=O)O)c1cccc(Cn2cc(-c3cc(-c4cccc(I)c4C#N)nc(N)n3)nn2)n1. The third-order valence-electron chi connectivity index (χ3n) is 5.73. The van der Waals surface area contributed by atoms with Gasteiger partial charge in [0.2, 0.25) is 5.95 Å². The van der Waals surface area contributed by atoms with Crippen LogP contribution in [0.1, 0.15) is 43.6 Å². The Morgan fingerprint density at radius 1 is 1.14 bits per heavy atom. The number of hydrogen-bond acceptors (Lipinski definition) is 8. The van der Waals surface area contributed by atoms with Gasteiger partial charge in [-0.25, -0.2) is 14.6 Å². The fourth-order valence-corrected chi connectivity index (χ4v) is 4.36. The van der Waals surface area contributed by atoms with Crippen molar-refractivity contribution in [1.29, 1.82) is 5.26 Å². The second-order valence-electron chi connectivity index (χ2n) is 8.86. The molecule has 3 aromatic heterocycles. The molecule has 3 heterocycles. The molecular formula is C25H23IN8O2. The standard InChI is InChI=1S/C25H23IN8O2/c1-25(2,10-9-23(35)36)22-8-3-5-15(29-22)13-34-14-21(32-33-34)20-11-19(30-24(28)31-20)16-6-4-7-18(26)17(16)12-27/h3-8,11,14H,9-10,13H2,1-2H3,(H,35,36)(H2,28,30,31). The number of nitrogens with two attached hydrogens (primary N) is 1. The fourth-order valence-electron chi connectivity index (χ4n) is 3.74. The zero-order chi connectivity index (χ0) is 25.9. The predicted octanol–water partition coefficient (Wildman–Crippen LogP) is 4.05. The van der Waals surface area contributed by atoms with Crippen LogP contribution < -0.4 is 5.73 Å². The Morgan fingerprint density at radius 2 is 1.89 bits per heavy atom. The van der Waals surface area contributed by atoms with E-state index in [0.29, 0.717) is 41.2 Å². The quantitative estimate of drug-likeness (QED) is 0.287. The molecule has 0 saturated carbocycles. The normalized spacial score (nSPS) is 11.3. The van der Waals surface area contributed by atoms with Gasteiger partial charge in [-0.1, -0.05) is 37.3 Å². The number of nitrogens with zero attached hydrogens (tertiary/aromatic N) is 7. The second kappa shape index (κ2) is 10.4. The maximum Gasteiger partial charge on any atom is 0.303 e. The lowest BCUT2D eigenvalue weighted by Gasteiger charge is -2.23. The van der Waals surface area contributed by atoms with Crippen molar-refractivity contribution in [1.82, 2.24) is 29.9 Å². The summed E-state index contributed by atoms with van der Waals surface area (Å²) in [4.78, 5) is 24.4. The van der Waals surface area contributed by atoms with Gasteiger partial charge in [0, 0.05) is 26.7 Å². The maximum atomic E-state index is 11.0. The average molecular weight is 594 g/mol. The lowest BCUT2D eigenvalue weighted by Crippen LogP contribution is -2.21. The predicted molar refractivity (Wildman–Crippen MR) is 142 cm³/mol. The van der Waals surface area contributed by atoms with E-state index in [2.05, 4.69) is 48.9 Å². The van der Waals surface area contributed by atoms with Gasteiger partial charge in [-0.3, -0.25) is 9.78 Å². The van der Waals surface area contributed by atoms with Crippen LogP contribution in [0.4, 0.5) is 5.95 Å². The highest BCUT2D eigenvalue weighted by molar-refractivity contribution is 14.1. The number of carboxylic acids is 1. The summed E-state index contributed by atoms with van der Waals surface area (Å²) in [7, 11) is 0. The number of rotatable bonds is 8. The van der Waals surface area contributed by atoms with Gasteiger partial charge in [0.1, 0.15) is 11.8 Å². The highest BCUT2D eigenvalue weighted by Gasteiger charge is 2.23. The molecule has 36 heavy (non-hydrogen) atoms. The Morgan fingerprint density at radius 3 is 2.64 bits per heavy atom. The first-order valence-electron chi connectivity index (χ1n) is 11.1. The first kappa shape index (κ1) is 25.2. The molecular weight excluding hydrogens is 571 g/mol. The van der Waals surface area contributed by atoms with Crippen molar-refractivity contribution in [2.45, 2.75) is 38.6 Å². The van der Waals surface area contributed by atoms with Gasteiger partial charge < -0.3 is 10.8 Å². The Bertz CT molecular complexity index is 1480. The van der Waals surface area contributed by atoms with Crippen molar-refractivity contribution in [2.24, 2.45) is 0 Å². The average Bonchev–Trinajstić information content (AvgIpc) is 3.31. The van der Waals surface area contributed by atoms with Gasteiger partial charge >= 0.3 is 5.97 Å². The molecule has 4 aromatic rings. The van der Waals surface area contributed by atoms with E-state index in [-0.39, 0.29) is 17.8 Å². The van der Waals surface area contributed by atoms with E-state index in [9.17, 15) is 10.1 Å². The summed E-state index contributed by atoms with van der Waals surface area (Å²) in [6, 6.07) is 15.2. The number of anilines is 1. The molecule has 0 aliphatic heterocycles. The molecule has 0 fully saturated rings. The highest BCUT2D eigenvalue weighted by atomic mass is 127. The Hall–Kier alpha value is -3.92. The van der Waals surface area contributed by atoms with Crippen molar-refractivity contribution in [3.05, 3.63) is 69.2 Å². The van der Waals surface area contributed by atoms with Crippen LogP contribution in [0.25, 0.3) is 22.6 Å². The van der Waals surface area contributed by atoms with Crippen molar-refractivity contribution in [3.63, 3.8) is 0 Å². The summed E-state index contributed by atoms with van der Waals surface area (Å²) < 4.78 is 2.47. The number of aromatic nitrogens is 6. The first-order chi connectivity index (χ1) is 17.2. The number of halogens is 1. The fraction of sp³-hybridized carbons (Fsp3) is 0.240. The van der Waals surface area contributed by atoms with Crippen LogP contribution in [0, 0.1) is 14.9 Å². The minimum absolute atomic E-state index is 0.0674. The third-order valence-corrected chi connectivity index (χ3v) is 6.63. The zero-order valence-electron chi connectivity index (χ0n) is 19.7. The first-order valence-corrected chi connectivity index (χ1v) is 12.2. The molecule has 0 bridgehead atoms. The van der Waals surface area contributed by atoms with Crippen LogP contribution >= 0.6 is 22.6 Å². The van der Waals surface area contributed by atoms with Gasteiger partial charge in [0.15, 0.2) is 0 Å². The minimum atomic E-state index is -0.825. The van der Waals surface area contributed by atoms with Gasteiger partial charge in [-0.05, 0) is 53.3 Å². The molecule has 1 aromatic carbocycles. The molecule has 0 unspecified atom stereocenters. The Balaban J connectivity index is 1.59. The Labute approximate surface area is 221 Å². The van der Waals surface area contributed by atoms with Crippen LogP contribution in [-0.4, -0.2) is 41.0 Å². The molecule has 182 valence electrons. The van der Waals surface area contributed by atoms with Crippen molar-refractivity contribution in [2.75, 3.05) is 5.73 Å². The monoisotopic (exact) mass is 594 g/mol. The van der Waals surface area contributed by atoms with Crippen molar-refractivity contribution >= 4 is 34.5 Å². The van der Waals surface area contributed by atoms with E-state index in [1.54, 1.807) is 16.9 Å². The summed E-state index contributed by atoms with van der Waals surface area (Å²) >= 11 is 2.11. The number of aliphatic carboxylic acids is 1. The number of benzene rings is 1. The Kier molecular flexibility index (Phi) is 7.25. The van der Waals surface area contributed by atoms with Gasteiger partial charge in [-0.2, -0.15) is 5.26 Å². The largest absolute Gasteiger partial charge is 0.481 e. The zero-order valence-corrected chi connectivity index (χ0v) is 21.8. The molecule has 0 spiro atoms. The van der Waals surface area contributed by atoms with Crippen molar-refractivity contribution < 1.29 is 9.90 Å². The molecule has 10 nitrogen and oxygen atoms in total. The summed E-state index contributed by atoms with van der Waals surface area (Å²) in [6.45, 7) is 4.34. The number of carboxylic acid groups (broad SMARTS) is 1. The molecule has 0 radical (unpaired) electrons. The highest BCUT2D eigenvalue weighted by Crippen LogP contribution is 2.29. The number of nitriles is 1. The van der Waals surface area contributed by atoms with Gasteiger partial charge in [-0.15, -0.1) is 5.10 Å². The third kappa shape index (κ3) is 5.65. The molecule has 0 aliphatic carbocycles. The molecule has 0 saturated heterocycles. The molecule has 0 atom stereocenters. The van der Waals surface area contributed by atoms with E-state index in [1.165, 1.54) is 0 Å². The number of nitrogen functional groups attached to an aromatic ring is 1. The summed E-state index contributed by atoms with van der Waals surface area (Å²) in [6.07, 6.45) is 2.31. The van der Waals surface area contributed by atoms with E-state index in [0.717, 1.165) is 15.0 Å². The topological polar surface area (TPSA) is 156 Å². The minimum Gasteiger partial charge on any atom is -0.481 e. The number of pyridine rings is 1. The number of carbonyl (C=O) groups is 1. The van der Waals surface area contributed by atoms with E-state index < -0.39 is 5.97 Å². The molecule has 0 aliphatic rings. The molecule has 0 amide bonds. The van der Waals surface area contributed by atoms with Crippen LogP contribution in [0.15, 0.2) is 48.7 Å². The van der Waals surface area contributed by atoms with Crippen LogP contribution in [0.3, 0.4) is 0 Å². The van der Waals surface area contributed by atoms with E-state index in [1.807, 2.05) is 50.2 Å². The van der Waals surface area contributed by atoms with Crippen LogP contribution in [0.5, 0.6) is 0 Å². The number of hydrogen-bond donors (Lipinski definition) is 2. The maximum absolute atomic E-state index is 11.0. The lowest BCUT2D eigenvalue weighted by molar-refractivity contribution is -0.137. The van der Waals surface area contributed by atoms with Crippen LogP contribution in [-0.2, 0) is 16.8 Å². The summed E-state index contributed by atoms with van der Waals surface area (Å²) in [5.74, 6) is -0.758. The second-order valence-corrected chi connectivity index (χ2v) is 10.0. The van der Waals surface area contributed by atoms with E-state index >= 15 is 0 Å². The molecule has 3 N–H and O–H groups in total. The summed E-state index contributed by atoms with van der Waals surface area (Å²) in [5, 5.41) is 27.1.